The van der Waals surface area contributed by atoms with Crippen molar-refractivity contribution >= 4 is 12.2 Å². The summed E-state index contributed by atoms with van der Waals surface area (Å²) in [5.74, 6) is 0. The van der Waals surface area contributed by atoms with Crippen molar-refractivity contribution in [3.8, 4) is 0 Å². The molecule has 0 aromatic carbocycles. The van der Waals surface area contributed by atoms with E-state index in [-0.39, 0.29) is 5.41 Å². The van der Waals surface area contributed by atoms with Gasteiger partial charge in [-0.2, -0.15) is 0 Å². The molecule has 0 atom stereocenters. The summed E-state index contributed by atoms with van der Waals surface area (Å²) < 4.78 is 0. The molecule has 2 heteroatoms. The second-order valence-electron chi connectivity index (χ2n) is 4.18. The fourth-order valence-corrected chi connectivity index (χ4v) is 1.08. The van der Waals surface area contributed by atoms with E-state index in [0.717, 1.165) is 17.1 Å². The van der Waals surface area contributed by atoms with Crippen molar-refractivity contribution in [2.45, 2.75) is 26.2 Å². The maximum Gasteiger partial charge on any atom is 0.0884 e. The third-order valence-electron chi connectivity index (χ3n) is 1.98. The summed E-state index contributed by atoms with van der Waals surface area (Å²) in [5, 5.41) is 0. The van der Waals surface area contributed by atoms with E-state index in [1.807, 2.05) is 0 Å². The minimum atomic E-state index is 0.0183. The molecule has 74 valence electrons. The Hall–Kier alpha value is -1.44. The lowest BCUT2D eigenvalue weighted by Crippen LogP contribution is -2.15. The van der Waals surface area contributed by atoms with Gasteiger partial charge in [0.25, 0.3) is 0 Å². The summed E-state index contributed by atoms with van der Waals surface area (Å²) in [6.45, 7) is 13.7. The fraction of sp³-hybridized carbons (Fsp3) is 0.333. The van der Waals surface area contributed by atoms with Crippen LogP contribution >= 0.6 is 0 Å². The van der Waals surface area contributed by atoms with Gasteiger partial charge in [-0.05, 0) is 12.2 Å². The van der Waals surface area contributed by atoms with Crippen LogP contribution in [0.3, 0.4) is 0 Å². The van der Waals surface area contributed by atoms with E-state index in [0.29, 0.717) is 0 Å². The standard InChI is InChI=1S/C12H16N2/c1-6-9-10(7-2)14-11(8-13-9)12(3,4)5/h6-8H,1-2H2,3-5H3. The van der Waals surface area contributed by atoms with Gasteiger partial charge in [0, 0.05) is 11.6 Å². The van der Waals surface area contributed by atoms with E-state index in [1.54, 1.807) is 18.3 Å². The summed E-state index contributed by atoms with van der Waals surface area (Å²) in [6, 6.07) is 0. The van der Waals surface area contributed by atoms with Crippen LogP contribution in [-0.2, 0) is 5.41 Å². The van der Waals surface area contributed by atoms with Crippen LogP contribution in [0.4, 0.5) is 0 Å². The molecule has 1 aromatic heterocycles. The van der Waals surface area contributed by atoms with Gasteiger partial charge < -0.3 is 0 Å². The smallest absolute Gasteiger partial charge is 0.0884 e. The summed E-state index contributed by atoms with van der Waals surface area (Å²) in [5.41, 5.74) is 2.57. The molecular weight excluding hydrogens is 172 g/mol. The molecule has 0 aliphatic carbocycles. The Balaban J connectivity index is 3.27. The molecular formula is C12H16N2. The molecule has 1 heterocycles. The van der Waals surface area contributed by atoms with Crippen LogP contribution in [0.1, 0.15) is 37.9 Å². The summed E-state index contributed by atoms with van der Waals surface area (Å²) in [6.07, 6.45) is 5.19. The molecule has 0 amide bonds. The minimum Gasteiger partial charge on any atom is -0.253 e. The molecule has 0 saturated heterocycles. The van der Waals surface area contributed by atoms with E-state index in [4.69, 9.17) is 0 Å². The Morgan fingerprint density at radius 2 is 1.71 bits per heavy atom. The first kappa shape index (κ1) is 10.6. The molecule has 0 N–H and O–H groups in total. The highest BCUT2D eigenvalue weighted by atomic mass is 14.8. The molecule has 0 bridgehead atoms. The molecule has 0 saturated carbocycles. The van der Waals surface area contributed by atoms with Gasteiger partial charge in [-0.1, -0.05) is 33.9 Å². The fourth-order valence-electron chi connectivity index (χ4n) is 1.08. The van der Waals surface area contributed by atoms with Crippen LogP contribution in [-0.4, -0.2) is 9.97 Å². The van der Waals surface area contributed by atoms with E-state index in [9.17, 15) is 0 Å². The summed E-state index contributed by atoms with van der Waals surface area (Å²) in [7, 11) is 0. The third-order valence-corrected chi connectivity index (χ3v) is 1.98. The predicted molar refractivity (Wildman–Crippen MR) is 60.9 cm³/mol. The van der Waals surface area contributed by atoms with Gasteiger partial charge in [-0.15, -0.1) is 0 Å². The van der Waals surface area contributed by atoms with Gasteiger partial charge in [0.1, 0.15) is 0 Å². The van der Waals surface area contributed by atoms with Crippen molar-refractivity contribution in [2.75, 3.05) is 0 Å². The maximum absolute atomic E-state index is 4.48. The van der Waals surface area contributed by atoms with E-state index >= 15 is 0 Å². The molecule has 0 spiro atoms. The zero-order valence-corrected chi connectivity index (χ0v) is 9.04. The quantitative estimate of drug-likeness (QED) is 0.712. The highest BCUT2D eigenvalue weighted by Gasteiger charge is 2.16. The Bertz CT molecular complexity index is 359. The second-order valence-corrected chi connectivity index (χ2v) is 4.18. The van der Waals surface area contributed by atoms with Crippen molar-refractivity contribution in [3.05, 3.63) is 36.4 Å². The van der Waals surface area contributed by atoms with E-state index in [2.05, 4.69) is 43.9 Å². The Labute approximate surface area is 85.4 Å². The van der Waals surface area contributed by atoms with Gasteiger partial charge in [0.05, 0.1) is 17.1 Å². The largest absolute Gasteiger partial charge is 0.253 e. The topological polar surface area (TPSA) is 25.8 Å². The highest BCUT2D eigenvalue weighted by Crippen LogP contribution is 2.20. The van der Waals surface area contributed by atoms with Crippen molar-refractivity contribution in [2.24, 2.45) is 0 Å². The lowest BCUT2D eigenvalue weighted by atomic mass is 9.92. The van der Waals surface area contributed by atoms with Gasteiger partial charge in [-0.25, -0.2) is 4.98 Å². The van der Waals surface area contributed by atoms with Crippen LogP contribution in [0.2, 0.25) is 0 Å². The number of hydrogen-bond donors (Lipinski definition) is 0. The number of nitrogens with zero attached hydrogens (tertiary/aromatic N) is 2. The minimum absolute atomic E-state index is 0.0183. The first-order chi connectivity index (χ1) is 6.49. The predicted octanol–water partition coefficient (Wildman–Crippen LogP) is 3.06. The average molecular weight is 188 g/mol. The summed E-state index contributed by atoms with van der Waals surface area (Å²) >= 11 is 0. The van der Waals surface area contributed by atoms with Crippen molar-refractivity contribution in [3.63, 3.8) is 0 Å². The van der Waals surface area contributed by atoms with Gasteiger partial charge in [0.2, 0.25) is 0 Å². The first-order valence-corrected chi connectivity index (χ1v) is 4.61. The molecule has 1 aromatic rings. The normalized spacial score (nSPS) is 11.1. The molecule has 0 aliphatic heterocycles. The van der Waals surface area contributed by atoms with Gasteiger partial charge in [-0.3, -0.25) is 4.98 Å². The lowest BCUT2D eigenvalue weighted by Gasteiger charge is -2.17. The highest BCUT2D eigenvalue weighted by molar-refractivity contribution is 5.57. The van der Waals surface area contributed by atoms with Crippen LogP contribution in [0.15, 0.2) is 19.4 Å². The molecule has 0 fully saturated rings. The molecule has 0 unspecified atom stereocenters. The second kappa shape index (κ2) is 3.74. The number of hydrogen-bond acceptors (Lipinski definition) is 2. The molecule has 14 heavy (non-hydrogen) atoms. The van der Waals surface area contributed by atoms with Gasteiger partial charge >= 0.3 is 0 Å². The van der Waals surface area contributed by atoms with Crippen LogP contribution in [0.5, 0.6) is 0 Å². The molecule has 0 aliphatic rings. The monoisotopic (exact) mass is 188 g/mol. The van der Waals surface area contributed by atoms with E-state index < -0.39 is 0 Å². The van der Waals surface area contributed by atoms with E-state index in [1.165, 1.54) is 0 Å². The van der Waals surface area contributed by atoms with Gasteiger partial charge in [0.15, 0.2) is 0 Å². The SMILES string of the molecule is C=Cc1ncc(C(C)(C)C)nc1C=C. The first-order valence-electron chi connectivity index (χ1n) is 4.61. The van der Waals surface area contributed by atoms with Crippen LogP contribution in [0.25, 0.3) is 12.2 Å². The molecule has 1 rings (SSSR count). The molecule has 0 radical (unpaired) electrons. The Morgan fingerprint density at radius 3 is 2.14 bits per heavy atom. The van der Waals surface area contributed by atoms with Crippen molar-refractivity contribution < 1.29 is 0 Å². The Morgan fingerprint density at radius 1 is 1.14 bits per heavy atom. The zero-order chi connectivity index (χ0) is 10.8. The van der Waals surface area contributed by atoms with Crippen molar-refractivity contribution in [1.29, 1.82) is 0 Å². The van der Waals surface area contributed by atoms with Crippen molar-refractivity contribution in [1.82, 2.24) is 9.97 Å². The Kier molecular flexibility index (Phi) is 2.84. The number of rotatable bonds is 2. The van der Waals surface area contributed by atoms with Crippen LogP contribution < -0.4 is 0 Å². The average Bonchev–Trinajstić information content (AvgIpc) is 2.15. The third kappa shape index (κ3) is 2.08. The zero-order valence-electron chi connectivity index (χ0n) is 9.04. The summed E-state index contributed by atoms with van der Waals surface area (Å²) in [4.78, 5) is 8.76. The maximum atomic E-state index is 4.48. The number of aromatic nitrogens is 2. The van der Waals surface area contributed by atoms with Crippen LogP contribution in [0, 0.1) is 0 Å². The molecule has 2 nitrogen and oxygen atoms in total. The lowest BCUT2D eigenvalue weighted by molar-refractivity contribution is 0.564.